The van der Waals surface area contributed by atoms with Gasteiger partial charge in [0.15, 0.2) is 0 Å². The zero-order chi connectivity index (χ0) is 12.6. The van der Waals surface area contributed by atoms with Gasteiger partial charge in [-0.1, -0.05) is 12.1 Å². The lowest BCUT2D eigenvalue weighted by atomic mass is 9.98. The molecule has 0 aliphatic rings. The van der Waals surface area contributed by atoms with E-state index in [1.807, 2.05) is 18.2 Å². The smallest absolute Gasteiger partial charge is 0.348 e. The standard InChI is InChI=1S/C13H14O3S/c1-13(2,15)9-5-4-8-6-11(12(14)16-3)17-10(8)7-9/h4-7,15H,1-3H3. The van der Waals surface area contributed by atoms with Gasteiger partial charge in [0, 0.05) is 4.70 Å². The van der Waals surface area contributed by atoms with Gasteiger partial charge >= 0.3 is 5.97 Å². The second-order valence-corrected chi connectivity index (χ2v) is 5.50. The van der Waals surface area contributed by atoms with Crippen LogP contribution in [-0.4, -0.2) is 18.2 Å². The molecule has 1 aromatic carbocycles. The first-order valence-corrected chi connectivity index (χ1v) is 6.08. The lowest BCUT2D eigenvalue weighted by Crippen LogP contribution is -2.14. The van der Waals surface area contributed by atoms with Crippen LogP contribution in [0, 0.1) is 0 Å². The second kappa shape index (κ2) is 4.13. The number of esters is 1. The van der Waals surface area contributed by atoms with Crippen molar-refractivity contribution in [2.24, 2.45) is 0 Å². The summed E-state index contributed by atoms with van der Waals surface area (Å²) in [6, 6.07) is 7.49. The van der Waals surface area contributed by atoms with Crippen LogP contribution in [-0.2, 0) is 10.3 Å². The van der Waals surface area contributed by atoms with Crippen molar-refractivity contribution < 1.29 is 14.6 Å². The number of fused-ring (bicyclic) bond motifs is 1. The minimum atomic E-state index is -0.871. The summed E-state index contributed by atoms with van der Waals surface area (Å²) >= 11 is 1.37. The third-order valence-electron chi connectivity index (χ3n) is 2.61. The number of hydrogen-bond donors (Lipinski definition) is 1. The summed E-state index contributed by atoms with van der Waals surface area (Å²) in [7, 11) is 1.37. The van der Waals surface area contributed by atoms with E-state index in [2.05, 4.69) is 4.74 Å². The van der Waals surface area contributed by atoms with Crippen LogP contribution in [0.5, 0.6) is 0 Å². The molecule has 0 spiro atoms. The molecule has 0 bridgehead atoms. The minimum Gasteiger partial charge on any atom is -0.465 e. The van der Waals surface area contributed by atoms with Crippen LogP contribution in [0.3, 0.4) is 0 Å². The molecule has 2 aromatic rings. The summed E-state index contributed by atoms with van der Waals surface area (Å²) in [5, 5.41) is 10.9. The Morgan fingerprint density at radius 1 is 1.35 bits per heavy atom. The highest BCUT2D eigenvalue weighted by Crippen LogP contribution is 2.30. The van der Waals surface area contributed by atoms with Crippen LogP contribution < -0.4 is 0 Å². The molecule has 0 aliphatic carbocycles. The van der Waals surface area contributed by atoms with E-state index in [-0.39, 0.29) is 5.97 Å². The fourth-order valence-corrected chi connectivity index (χ4v) is 2.63. The molecule has 0 amide bonds. The Morgan fingerprint density at radius 2 is 2.06 bits per heavy atom. The van der Waals surface area contributed by atoms with Crippen LogP contribution in [0.15, 0.2) is 24.3 Å². The van der Waals surface area contributed by atoms with Crippen molar-refractivity contribution in [2.45, 2.75) is 19.4 Å². The minimum absolute atomic E-state index is 0.323. The molecule has 4 heteroatoms. The van der Waals surface area contributed by atoms with Gasteiger partial charge in [-0.15, -0.1) is 11.3 Å². The van der Waals surface area contributed by atoms with E-state index in [0.717, 1.165) is 15.6 Å². The second-order valence-electron chi connectivity index (χ2n) is 4.41. The van der Waals surface area contributed by atoms with Gasteiger partial charge in [0.25, 0.3) is 0 Å². The monoisotopic (exact) mass is 250 g/mol. The highest BCUT2D eigenvalue weighted by Gasteiger charge is 2.17. The predicted molar refractivity (Wildman–Crippen MR) is 68.4 cm³/mol. The van der Waals surface area contributed by atoms with E-state index in [1.165, 1.54) is 18.4 Å². The maximum atomic E-state index is 11.4. The molecule has 90 valence electrons. The highest BCUT2D eigenvalue weighted by molar-refractivity contribution is 7.20. The predicted octanol–water partition coefficient (Wildman–Crippen LogP) is 2.92. The van der Waals surface area contributed by atoms with Crippen LogP contribution in [0.1, 0.15) is 29.1 Å². The molecule has 0 radical (unpaired) electrons. The molecular weight excluding hydrogens is 236 g/mol. The molecule has 0 fully saturated rings. The van der Waals surface area contributed by atoms with Crippen molar-refractivity contribution >= 4 is 27.4 Å². The average molecular weight is 250 g/mol. The summed E-state index contributed by atoms with van der Waals surface area (Å²) in [5.74, 6) is -0.323. The zero-order valence-corrected chi connectivity index (χ0v) is 10.8. The molecule has 1 aromatic heterocycles. The third kappa shape index (κ3) is 2.33. The molecule has 0 unspecified atom stereocenters. The van der Waals surface area contributed by atoms with Crippen LogP contribution >= 0.6 is 11.3 Å². The van der Waals surface area contributed by atoms with Crippen molar-refractivity contribution in [3.8, 4) is 0 Å². The number of hydrogen-bond acceptors (Lipinski definition) is 4. The van der Waals surface area contributed by atoms with Crippen LogP contribution in [0.4, 0.5) is 0 Å². The van der Waals surface area contributed by atoms with E-state index in [1.54, 1.807) is 19.9 Å². The van der Waals surface area contributed by atoms with Gasteiger partial charge in [-0.05, 0) is 36.9 Å². The number of rotatable bonds is 2. The molecule has 2 rings (SSSR count). The van der Waals surface area contributed by atoms with Gasteiger partial charge in [-0.25, -0.2) is 4.79 Å². The Labute approximate surface area is 104 Å². The summed E-state index contributed by atoms with van der Waals surface area (Å²) < 4.78 is 5.66. The maximum absolute atomic E-state index is 11.4. The Morgan fingerprint density at radius 3 is 2.65 bits per heavy atom. The number of carbonyl (C=O) groups excluding carboxylic acids is 1. The Balaban J connectivity index is 2.52. The quantitative estimate of drug-likeness (QED) is 0.834. The number of carbonyl (C=O) groups is 1. The summed E-state index contributed by atoms with van der Waals surface area (Å²) in [4.78, 5) is 12.0. The molecule has 0 aliphatic heterocycles. The van der Waals surface area contributed by atoms with Crippen molar-refractivity contribution in [3.63, 3.8) is 0 Å². The van der Waals surface area contributed by atoms with Gasteiger partial charge in [-0.3, -0.25) is 0 Å². The Bertz CT molecular complexity index is 564. The van der Waals surface area contributed by atoms with Gasteiger partial charge in [0.05, 0.1) is 12.7 Å². The zero-order valence-electron chi connectivity index (χ0n) is 9.98. The molecule has 3 nitrogen and oxygen atoms in total. The van der Waals surface area contributed by atoms with E-state index in [0.29, 0.717) is 4.88 Å². The average Bonchev–Trinajstić information content (AvgIpc) is 2.69. The van der Waals surface area contributed by atoms with E-state index >= 15 is 0 Å². The molecular formula is C13H14O3S. The van der Waals surface area contributed by atoms with Gasteiger partial charge in [0.1, 0.15) is 4.88 Å². The summed E-state index contributed by atoms with van der Waals surface area (Å²) in [6.45, 7) is 3.48. The number of benzene rings is 1. The Kier molecular flexibility index (Phi) is 2.93. The molecule has 0 atom stereocenters. The van der Waals surface area contributed by atoms with E-state index in [4.69, 9.17) is 0 Å². The summed E-state index contributed by atoms with van der Waals surface area (Å²) in [6.07, 6.45) is 0. The van der Waals surface area contributed by atoms with Crippen molar-refractivity contribution in [2.75, 3.05) is 7.11 Å². The molecule has 0 saturated heterocycles. The third-order valence-corrected chi connectivity index (χ3v) is 3.69. The summed E-state index contributed by atoms with van der Waals surface area (Å²) in [5.41, 5.74) is -0.0351. The normalized spacial score (nSPS) is 11.8. The van der Waals surface area contributed by atoms with E-state index < -0.39 is 5.60 Å². The van der Waals surface area contributed by atoms with Crippen molar-refractivity contribution in [3.05, 3.63) is 34.7 Å². The van der Waals surface area contributed by atoms with Crippen LogP contribution in [0.25, 0.3) is 10.1 Å². The number of methoxy groups -OCH3 is 1. The molecule has 1 heterocycles. The first-order chi connectivity index (χ1) is 7.91. The molecule has 1 N–H and O–H groups in total. The SMILES string of the molecule is COC(=O)c1cc2ccc(C(C)(C)O)cc2s1. The van der Waals surface area contributed by atoms with Gasteiger partial charge < -0.3 is 9.84 Å². The topological polar surface area (TPSA) is 46.5 Å². The molecule has 0 saturated carbocycles. The fourth-order valence-electron chi connectivity index (χ4n) is 1.61. The molecule has 17 heavy (non-hydrogen) atoms. The number of aliphatic hydroxyl groups is 1. The van der Waals surface area contributed by atoms with Crippen molar-refractivity contribution in [1.82, 2.24) is 0 Å². The fraction of sp³-hybridized carbons (Fsp3) is 0.308. The highest BCUT2D eigenvalue weighted by atomic mass is 32.1. The van der Waals surface area contributed by atoms with Crippen LogP contribution in [0.2, 0.25) is 0 Å². The van der Waals surface area contributed by atoms with Crippen molar-refractivity contribution in [1.29, 1.82) is 0 Å². The lowest BCUT2D eigenvalue weighted by molar-refractivity contribution is 0.0606. The maximum Gasteiger partial charge on any atom is 0.348 e. The van der Waals surface area contributed by atoms with E-state index in [9.17, 15) is 9.90 Å². The lowest BCUT2D eigenvalue weighted by Gasteiger charge is -2.17. The largest absolute Gasteiger partial charge is 0.465 e. The number of ether oxygens (including phenoxy) is 1. The number of thiophene rings is 1. The Hall–Kier alpha value is -1.39. The first kappa shape index (κ1) is 12.1. The first-order valence-electron chi connectivity index (χ1n) is 5.26. The van der Waals surface area contributed by atoms with Gasteiger partial charge in [0.2, 0.25) is 0 Å². The van der Waals surface area contributed by atoms with Gasteiger partial charge in [-0.2, -0.15) is 0 Å².